The van der Waals surface area contributed by atoms with Crippen LogP contribution >= 0.6 is 15.9 Å². The lowest BCUT2D eigenvalue weighted by Crippen LogP contribution is -2.40. The Morgan fingerprint density at radius 1 is 0.759 bits per heavy atom. The van der Waals surface area contributed by atoms with Gasteiger partial charge >= 0.3 is 0 Å². The summed E-state index contributed by atoms with van der Waals surface area (Å²) in [6.07, 6.45) is 0. The van der Waals surface area contributed by atoms with Crippen LogP contribution in [-0.4, -0.2) is 16.7 Å². The molecule has 1 heterocycles. The highest BCUT2D eigenvalue weighted by molar-refractivity contribution is 9.10. The molecule has 140 valence electrons. The van der Waals surface area contributed by atoms with Crippen LogP contribution in [0.3, 0.4) is 0 Å². The average molecular weight is 447 g/mol. The fourth-order valence-corrected chi connectivity index (χ4v) is 4.38. The van der Waals surface area contributed by atoms with Gasteiger partial charge < -0.3 is 0 Å². The molecule has 0 unspecified atom stereocenters. The largest absolute Gasteiger partial charge is 0.277 e. The van der Waals surface area contributed by atoms with Gasteiger partial charge in [-0.1, -0.05) is 46.3 Å². The molecule has 0 saturated heterocycles. The van der Waals surface area contributed by atoms with Crippen LogP contribution in [0.15, 0.2) is 71.2 Å². The summed E-state index contributed by atoms with van der Waals surface area (Å²) in [6, 6.07) is 18.5. The van der Waals surface area contributed by atoms with Crippen LogP contribution in [0.2, 0.25) is 0 Å². The molecule has 0 radical (unpaired) electrons. The average Bonchev–Trinajstić information content (AvgIpc) is 2.73. The molecule has 7 heteroatoms. The molecule has 29 heavy (non-hydrogen) atoms. The van der Waals surface area contributed by atoms with Crippen molar-refractivity contribution in [3.8, 4) is 0 Å². The smallest absolute Gasteiger partial charge is 0.268 e. The fraction of sp³-hybridized carbons (Fsp3) is 0. The van der Waals surface area contributed by atoms with Gasteiger partial charge in [0.05, 0.1) is 16.0 Å². The van der Waals surface area contributed by atoms with Gasteiger partial charge in [-0.3, -0.25) is 19.7 Å². The standard InChI is InChI=1S/C22H11BrN2O4/c23-17-9-11-18(13-5-2-1-4-12(13)17)24-21(26)15-7-3-6-14-19(25(28)29)10-8-16(20(14)15)22(24)27/h1-11H. The number of fused-ring (bicyclic) bond motifs is 1. The second-order valence-corrected chi connectivity index (χ2v) is 7.53. The number of halogens is 1. The van der Waals surface area contributed by atoms with Crippen LogP contribution in [0, 0.1) is 10.1 Å². The zero-order valence-electron chi connectivity index (χ0n) is 14.8. The number of carbonyl (C=O) groups excluding carboxylic acids is 2. The topological polar surface area (TPSA) is 80.5 Å². The predicted octanol–water partition coefficient (Wildman–Crippen LogP) is 5.46. The Balaban J connectivity index is 1.81. The molecule has 0 spiro atoms. The molecule has 1 aliphatic rings. The van der Waals surface area contributed by atoms with E-state index in [0.717, 1.165) is 20.1 Å². The van der Waals surface area contributed by atoms with E-state index in [4.69, 9.17) is 0 Å². The summed E-state index contributed by atoms with van der Waals surface area (Å²) in [5, 5.41) is 13.6. The minimum absolute atomic E-state index is 0.131. The van der Waals surface area contributed by atoms with Crippen LogP contribution < -0.4 is 4.90 Å². The van der Waals surface area contributed by atoms with Crippen LogP contribution in [0.1, 0.15) is 20.7 Å². The lowest BCUT2D eigenvalue weighted by atomic mass is 9.92. The molecule has 0 N–H and O–H groups in total. The Labute approximate surface area is 172 Å². The fourth-order valence-electron chi connectivity index (χ4n) is 3.90. The number of anilines is 1. The highest BCUT2D eigenvalue weighted by atomic mass is 79.9. The zero-order chi connectivity index (χ0) is 20.3. The van der Waals surface area contributed by atoms with Gasteiger partial charge in [-0.15, -0.1) is 0 Å². The molecule has 0 saturated carbocycles. The van der Waals surface area contributed by atoms with E-state index in [-0.39, 0.29) is 22.2 Å². The van der Waals surface area contributed by atoms with Gasteiger partial charge in [0.1, 0.15) is 0 Å². The number of imide groups is 1. The number of nitro groups is 1. The highest BCUT2D eigenvalue weighted by Crippen LogP contribution is 2.39. The van der Waals surface area contributed by atoms with E-state index in [9.17, 15) is 19.7 Å². The van der Waals surface area contributed by atoms with Crippen LogP contribution in [0.5, 0.6) is 0 Å². The van der Waals surface area contributed by atoms with Crippen LogP contribution in [-0.2, 0) is 0 Å². The summed E-state index contributed by atoms with van der Waals surface area (Å²) < 4.78 is 0.854. The van der Waals surface area contributed by atoms with Gasteiger partial charge in [0.25, 0.3) is 17.5 Å². The summed E-state index contributed by atoms with van der Waals surface area (Å²) in [5.74, 6) is -0.998. The van der Waals surface area contributed by atoms with Crippen molar-refractivity contribution in [3.63, 3.8) is 0 Å². The molecular formula is C22H11BrN2O4. The number of carbonyl (C=O) groups is 2. The first kappa shape index (κ1) is 17.5. The molecule has 0 aliphatic carbocycles. The second-order valence-electron chi connectivity index (χ2n) is 6.68. The molecule has 5 rings (SSSR count). The van der Waals surface area contributed by atoms with Gasteiger partial charge in [-0.05, 0) is 35.7 Å². The third-order valence-corrected chi connectivity index (χ3v) is 5.86. The maximum absolute atomic E-state index is 13.3. The Bertz CT molecular complexity index is 1370. The Morgan fingerprint density at radius 2 is 1.41 bits per heavy atom. The third-order valence-electron chi connectivity index (χ3n) is 5.17. The Kier molecular flexibility index (Phi) is 3.75. The number of benzene rings is 4. The predicted molar refractivity (Wildman–Crippen MR) is 113 cm³/mol. The first-order valence-electron chi connectivity index (χ1n) is 8.75. The third kappa shape index (κ3) is 2.41. The van der Waals surface area contributed by atoms with Crippen molar-refractivity contribution in [2.24, 2.45) is 0 Å². The van der Waals surface area contributed by atoms with Crippen molar-refractivity contribution in [2.45, 2.75) is 0 Å². The number of non-ortho nitro benzene ring substituents is 1. The number of nitrogens with zero attached hydrogens (tertiary/aromatic N) is 2. The number of amides is 2. The first-order chi connectivity index (χ1) is 14.0. The van der Waals surface area contributed by atoms with Gasteiger partial charge in [0.15, 0.2) is 0 Å². The normalized spacial score (nSPS) is 13.3. The van der Waals surface area contributed by atoms with E-state index >= 15 is 0 Å². The second kappa shape index (κ2) is 6.22. The number of hydrogen-bond donors (Lipinski definition) is 0. The summed E-state index contributed by atoms with van der Waals surface area (Å²) in [4.78, 5) is 38.7. The van der Waals surface area contributed by atoms with Gasteiger partial charge in [-0.2, -0.15) is 0 Å². The Hall–Kier alpha value is -3.58. The van der Waals surface area contributed by atoms with Crippen molar-refractivity contribution in [1.82, 2.24) is 0 Å². The number of rotatable bonds is 2. The van der Waals surface area contributed by atoms with Crippen molar-refractivity contribution >= 4 is 60.7 Å². The lowest BCUT2D eigenvalue weighted by Gasteiger charge is -2.28. The van der Waals surface area contributed by atoms with E-state index in [2.05, 4.69) is 15.9 Å². The van der Waals surface area contributed by atoms with Crippen molar-refractivity contribution in [3.05, 3.63) is 92.4 Å². The number of nitro benzene ring substituents is 1. The number of hydrogen-bond acceptors (Lipinski definition) is 4. The van der Waals surface area contributed by atoms with Gasteiger partial charge in [-0.25, -0.2) is 4.90 Å². The molecule has 0 aromatic heterocycles. The highest BCUT2D eigenvalue weighted by Gasteiger charge is 2.36. The molecule has 0 bridgehead atoms. The van der Waals surface area contributed by atoms with E-state index in [0.29, 0.717) is 11.1 Å². The van der Waals surface area contributed by atoms with E-state index < -0.39 is 16.7 Å². The molecule has 1 aliphatic heterocycles. The monoisotopic (exact) mass is 446 g/mol. The summed E-state index contributed by atoms with van der Waals surface area (Å²) in [6.45, 7) is 0. The minimum atomic E-state index is -0.507. The molecule has 4 aromatic carbocycles. The quantitative estimate of drug-likeness (QED) is 0.232. The summed E-state index contributed by atoms with van der Waals surface area (Å²) >= 11 is 3.50. The molecular weight excluding hydrogens is 436 g/mol. The maximum Gasteiger partial charge on any atom is 0.277 e. The SMILES string of the molecule is O=C1c2cccc3c([N+](=O)[O-])ccc(c23)C(=O)N1c1ccc(Br)c2ccccc12. The molecule has 0 atom stereocenters. The maximum atomic E-state index is 13.3. The minimum Gasteiger partial charge on any atom is -0.268 e. The molecule has 6 nitrogen and oxygen atoms in total. The summed E-state index contributed by atoms with van der Waals surface area (Å²) in [5.41, 5.74) is 0.883. The first-order valence-corrected chi connectivity index (χ1v) is 9.54. The van der Waals surface area contributed by atoms with Crippen molar-refractivity contribution in [1.29, 1.82) is 0 Å². The van der Waals surface area contributed by atoms with E-state index in [1.165, 1.54) is 12.1 Å². The lowest BCUT2D eigenvalue weighted by molar-refractivity contribution is -0.383. The summed E-state index contributed by atoms with van der Waals surface area (Å²) in [7, 11) is 0. The van der Waals surface area contributed by atoms with Crippen LogP contribution in [0.25, 0.3) is 21.5 Å². The van der Waals surface area contributed by atoms with Gasteiger partial charge in [0.2, 0.25) is 0 Å². The van der Waals surface area contributed by atoms with E-state index in [1.807, 2.05) is 24.3 Å². The van der Waals surface area contributed by atoms with Crippen LogP contribution in [0.4, 0.5) is 11.4 Å². The van der Waals surface area contributed by atoms with Crippen molar-refractivity contribution < 1.29 is 14.5 Å². The van der Waals surface area contributed by atoms with Crippen molar-refractivity contribution in [2.75, 3.05) is 4.90 Å². The Morgan fingerprint density at radius 3 is 2.14 bits per heavy atom. The van der Waals surface area contributed by atoms with E-state index in [1.54, 1.807) is 30.3 Å². The molecule has 2 amide bonds. The van der Waals surface area contributed by atoms with Gasteiger partial charge in [0, 0.05) is 32.4 Å². The zero-order valence-corrected chi connectivity index (χ0v) is 16.3. The molecule has 4 aromatic rings. The molecule has 0 fully saturated rings.